The van der Waals surface area contributed by atoms with E-state index in [0.29, 0.717) is 5.56 Å². The van der Waals surface area contributed by atoms with Crippen LogP contribution in [0.1, 0.15) is 42.9 Å². The summed E-state index contributed by atoms with van der Waals surface area (Å²) in [6.45, 7) is 5.92. The van der Waals surface area contributed by atoms with E-state index in [-0.39, 0.29) is 24.8 Å². The average molecular weight is 394 g/mol. The third-order valence-corrected chi connectivity index (χ3v) is 4.12. The van der Waals surface area contributed by atoms with Crippen molar-refractivity contribution in [2.75, 3.05) is 20.3 Å². The second-order valence-corrected chi connectivity index (χ2v) is 7.58. The van der Waals surface area contributed by atoms with Gasteiger partial charge in [-0.05, 0) is 50.0 Å². The van der Waals surface area contributed by atoms with Gasteiger partial charge in [-0.1, -0.05) is 16.6 Å². The molecule has 7 nitrogen and oxygen atoms in total. The van der Waals surface area contributed by atoms with Crippen molar-refractivity contribution in [1.29, 1.82) is 0 Å². The summed E-state index contributed by atoms with van der Waals surface area (Å²) in [6.07, 6.45) is 0. The van der Waals surface area contributed by atoms with Crippen molar-refractivity contribution < 1.29 is 18.7 Å². The Labute approximate surface area is 161 Å². The molecule has 146 valence electrons. The number of methoxy groups -OCH3 is 1. The van der Waals surface area contributed by atoms with Crippen LogP contribution in [0.25, 0.3) is 0 Å². The number of nitrogens with one attached hydrogen (secondary N) is 1. The van der Waals surface area contributed by atoms with Gasteiger partial charge in [0.15, 0.2) is 5.69 Å². The van der Waals surface area contributed by atoms with Crippen molar-refractivity contribution in [3.8, 4) is 0 Å². The predicted octanol–water partition coefficient (Wildman–Crippen LogP) is 2.42. The summed E-state index contributed by atoms with van der Waals surface area (Å²) in [5, 5.41) is 8.22. The number of ether oxygens (including phenoxy) is 1. The number of aromatic nitrogens is 2. The van der Waals surface area contributed by atoms with Crippen molar-refractivity contribution in [2.24, 2.45) is 0 Å². The predicted molar refractivity (Wildman–Crippen MR) is 99.9 cm³/mol. The van der Waals surface area contributed by atoms with Crippen LogP contribution in [0.5, 0.6) is 0 Å². The molecule has 2 rings (SSSR count). The molecule has 0 aliphatic rings. The monoisotopic (exact) mass is 394 g/mol. The molecule has 1 aromatic heterocycles. The third-order valence-electron chi connectivity index (χ3n) is 3.62. The van der Waals surface area contributed by atoms with Gasteiger partial charge in [0.25, 0.3) is 5.91 Å². The van der Waals surface area contributed by atoms with Crippen LogP contribution in [0.15, 0.2) is 29.6 Å². The number of amides is 2. The average Bonchev–Trinajstić information content (AvgIpc) is 3.12. The van der Waals surface area contributed by atoms with Gasteiger partial charge in [0.2, 0.25) is 5.91 Å². The van der Waals surface area contributed by atoms with Gasteiger partial charge in [-0.25, -0.2) is 4.39 Å². The topological polar surface area (TPSA) is 84.4 Å². The number of benzene rings is 1. The standard InChI is InChI=1S/C18H23FN4O3S/c1-18(2,3)20-16(24)15(12-5-7-13(19)8-6-12)23(9-10-26-4)17(25)14-11-27-22-21-14/h5-8,11,15H,9-10H2,1-4H3,(H,20,24)/t15-/m1/s1. The SMILES string of the molecule is COCCN(C(=O)c1csnn1)[C@@H](C(=O)NC(C)(C)C)c1ccc(F)cc1. The van der Waals surface area contributed by atoms with Crippen molar-refractivity contribution in [2.45, 2.75) is 32.4 Å². The number of carbonyl (C=O) groups is 2. The number of carbonyl (C=O) groups excluding carboxylic acids is 2. The second kappa shape index (κ2) is 9.01. The molecule has 2 aromatic rings. The van der Waals surface area contributed by atoms with Crippen molar-refractivity contribution in [3.05, 3.63) is 46.7 Å². The second-order valence-electron chi connectivity index (χ2n) is 6.97. The molecule has 1 N–H and O–H groups in total. The molecular weight excluding hydrogens is 371 g/mol. The maximum Gasteiger partial charge on any atom is 0.276 e. The molecule has 0 saturated carbocycles. The summed E-state index contributed by atoms with van der Waals surface area (Å²) < 4.78 is 22.2. The minimum atomic E-state index is -0.964. The van der Waals surface area contributed by atoms with E-state index in [1.165, 1.54) is 41.7 Å². The fraction of sp³-hybridized carbons (Fsp3) is 0.444. The van der Waals surface area contributed by atoms with Crippen LogP contribution in [-0.2, 0) is 9.53 Å². The molecule has 1 atom stereocenters. The van der Waals surface area contributed by atoms with Gasteiger partial charge >= 0.3 is 0 Å². The van der Waals surface area contributed by atoms with Gasteiger partial charge < -0.3 is 15.0 Å². The Morgan fingerprint density at radius 1 is 1.30 bits per heavy atom. The normalized spacial score (nSPS) is 12.5. The lowest BCUT2D eigenvalue weighted by Crippen LogP contribution is -2.50. The quantitative estimate of drug-likeness (QED) is 0.780. The highest BCUT2D eigenvalue weighted by molar-refractivity contribution is 7.03. The first-order valence-corrected chi connectivity index (χ1v) is 9.21. The van der Waals surface area contributed by atoms with Crippen LogP contribution in [-0.4, -0.2) is 52.1 Å². The van der Waals surface area contributed by atoms with Crippen molar-refractivity contribution in [3.63, 3.8) is 0 Å². The maximum atomic E-state index is 13.4. The summed E-state index contributed by atoms with van der Waals surface area (Å²) in [5.74, 6) is -1.24. The molecule has 0 aliphatic heterocycles. The van der Waals surface area contributed by atoms with E-state index < -0.39 is 23.3 Å². The van der Waals surface area contributed by atoms with Gasteiger partial charge in [0.05, 0.1) is 6.61 Å². The molecule has 0 unspecified atom stereocenters. The van der Waals surface area contributed by atoms with Crippen molar-refractivity contribution in [1.82, 2.24) is 19.8 Å². The minimum Gasteiger partial charge on any atom is -0.383 e. The van der Waals surface area contributed by atoms with Gasteiger partial charge in [-0.15, -0.1) is 5.10 Å². The molecule has 0 radical (unpaired) electrons. The molecule has 0 spiro atoms. The number of hydrogen-bond acceptors (Lipinski definition) is 6. The zero-order chi connectivity index (χ0) is 20.0. The molecule has 0 fully saturated rings. The summed E-state index contributed by atoms with van der Waals surface area (Å²) >= 11 is 1.05. The van der Waals surface area contributed by atoms with E-state index in [0.717, 1.165) is 11.5 Å². The van der Waals surface area contributed by atoms with Gasteiger partial charge in [-0.3, -0.25) is 9.59 Å². The van der Waals surface area contributed by atoms with Crippen LogP contribution in [0.2, 0.25) is 0 Å². The fourth-order valence-electron chi connectivity index (χ4n) is 2.50. The zero-order valence-electron chi connectivity index (χ0n) is 15.7. The lowest BCUT2D eigenvalue weighted by molar-refractivity contribution is -0.127. The van der Waals surface area contributed by atoms with Gasteiger partial charge in [-0.2, -0.15) is 0 Å². The molecule has 1 aromatic carbocycles. The first-order valence-electron chi connectivity index (χ1n) is 8.37. The van der Waals surface area contributed by atoms with Gasteiger partial charge in [0, 0.05) is 24.6 Å². The largest absolute Gasteiger partial charge is 0.383 e. The number of halogens is 1. The Bertz CT molecular complexity index is 760. The highest BCUT2D eigenvalue weighted by Gasteiger charge is 2.34. The Hall–Kier alpha value is -2.39. The van der Waals surface area contributed by atoms with E-state index in [9.17, 15) is 14.0 Å². The molecule has 27 heavy (non-hydrogen) atoms. The summed E-state index contributed by atoms with van der Waals surface area (Å²) in [7, 11) is 1.51. The summed E-state index contributed by atoms with van der Waals surface area (Å²) in [5.41, 5.74) is 0.130. The molecule has 9 heteroatoms. The number of nitrogens with zero attached hydrogens (tertiary/aromatic N) is 3. The molecule has 0 saturated heterocycles. The lowest BCUT2D eigenvalue weighted by atomic mass is 10.0. The Morgan fingerprint density at radius 2 is 1.96 bits per heavy atom. The van der Waals surface area contributed by atoms with Crippen LogP contribution in [0.4, 0.5) is 4.39 Å². The third kappa shape index (κ3) is 5.80. The Kier molecular flexibility index (Phi) is 6.98. The van der Waals surface area contributed by atoms with Crippen LogP contribution < -0.4 is 5.32 Å². The van der Waals surface area contributed by atoms with Crippen molar-refractivity contribution >= 4 is 23.3 Å². The number of rotatable bonds is 7. The van der Waals surface area contributed by atoms with E-state index >= 15 is 0 Å². The van der Waals surface area contributed by atoms with E-state index in [1.54, 1.807) is 0 Å². The highest BCUT2D eigenvalue weighted by atomic mass is 32.1. The Balaban J connectivity index is 2.46. The molecule has 1 heterocycles. The van der Waals surface area contributed by atoms with Crippen LogP contribution >= 0.6 is 11.5 Å². The maximum absolute atomic E-state index is 13.4. The fourth-order valence-corrected chi connectivity index (χ4v) is 2.93. The smallest absolute Gasteiger partial charge is 0.276 e. The molecule has 0 aliphatic carbocycles. The van der Waals surface area contributed by atoms with Crippen LogP contribution in [0, 0.1) is 5.82 Å². The van der Waals surface area contributed by atoms with Crippen LogP contribution in [0.3, 0.4) is 0 Å². The summed E-state index contributed by atoms with van der Waals surface area (Å²) in [4.78, 5) is 27.4. The van der Waals surface area contributed by atoms with E-state index in [4.69, 9.17) is 4.74 Å². The van der Waals surface area contributed by atoms with Gasteiger partial charge in [0.1, 0.15) is 11.9 Å². The first-order chi connectivity index (χ1) is 12.7. The lowest BCUT2D eigenvalue weighted by Gasteiger charge is -2.33. The first kappa shape index (κ1) is 20.9. The summed E-state index contributed by atoms with van der Waals surface area (Å²) in [6, 6.07) is 4.55. The van der Waals surface area contributed by atoms with E-state index in [2.05, 4.69) is 14.9 Å². The molecule has 2 amide bonds. The highest BCUT2D eigenvalue weighted by Crippen LogP contribution is 2.24. The number of hydrogen-bond donors (Lipinski definition) is 1. The zero-order valence-corrected chi connectivity index (χ0v) is 16.5. The minimum absolute atomic E-state index is 0.145. The Morgan fingerprint density at radius 3 is 2.48 bits per heavy atom. The molecule has 0 bridgehead atoms. The molecular formula is C18H23FN4O3S. The van der Waals surface area contributed by atoms with E-state index in [1.807, 2.05) is 20.8 Å².